The first kappa shape index (κ1) is 22.8. The number of aromatic nitrogens is 1. The number of likely N-dealkylation sites (N-methyl/N-ethyl adjacent to an activating group) is 1. The summed E-state index contributed by atoms with van der Waals surface area (Å²) < 4.78 is 11.4. The van der Waals surface area contributed by atoms with Crippen molar-refractivity contribution in [2.75, 3.05) is 51.3 Å². The second-order valence-electron chi connectivity index (χ2n) is 8.42. The summed E-state index contributed by atoms with van der Waals surface area (Å²) in [5, 5.41) is 1.14. The van der Waals surface area contributed by atoms with Gasteiger partial charge in [-0.15, -0.1) is 11.3 Å². The second-order valence-corrected chi connectivity index (χ2v) is 9.60. The van der Waals surface area contributed by atoms with Crippen LogP contribution in [0.4, 0.5) is 5.13 Å². The van der Waals surface area contributed by atoms with Crippen LogP contribution in [-0.2, 0) is 22.4 Å². The number of aryl methyl sites for hydroxylation is 1. The number of hydrogen-bond donors (Lipinski definition) is 0. The van der Waals surface area contributed by atoms with E-state index >= 15 is 0 Å². The van der Waals surface area contributed by atoms with Crippen molar-refractivity contribution < 1.29 is 14.3 Å². The fraction of sp³-hybridized carbons (Fsp3) is 0.520. The van der Waals surface area contributed by atoms with Crippen LogP contribution in [0, 0.1) is 6.92 Å². The zero-order chi connectivity index (χ0) is 22.5. The first-order chi connectivity index (χ1) is 15.5. The van der Waals surface area contributed by atoms with Gasteiger partial charge in [0.05, 0.1) is 25.3 Å². The molecule has 2 heterocycles. The lowest BCUT2D eigenvalue weighted by Crippen LogP contribution is -2.44. The molecule has 0 unspecified atom stereocenters. The van der Waals surface area contributed by atoms with E-state index in [0.29, 0.717) is 19.6 Å². The van der Waals surface area contributed by atoms with Gasteiger partial charge in [0.2, 0.25) is 0 Å². The molecule has 0 bridgehead atoms. The van der Waals surface area contributed by atoms with Crippen molar-refractivity contribution >= 4 is 28.0 Å². The van der Waals surface area contributed by atoms with Gasteiger partial charge in [-0.25, -0.2) is 4.98 Å². The van der Waals surface area contributed by atoms with E-state index in [2.05, 4.69) is 35.9 Å². The molecule has 1 fully saturated rings. The molecule has 4 rings (SSSR count). The minimum atomic E-state index is -0.173. The molecule has 1 aromatic heterocycles. The van der Waals surface area contributed by atoms with E-state index in [1.807, 2.05) is 19.1 Å². The van der Waals surface area contributed by atoms with E-state index < -0.39 is 0 Å². The van der Waals surface area contributed by atoms with Crippen LogP contribution in [0.1, 0.15) is 41.5 Å². The summed E-state index contributed by atoms with van der Waals surface area (Å²) >= 11 is 1.79. The summed E-state index contributed by atoms with van der Waals surface area (Å²) in [5.74, 6) is 0.747. The van der Waals surface area contributed by atoms with E-state index in [4.69, 9.17) is 14.5 Å². The predicted molar refractivity (Wildman–Crippen MR) is 130 cm³/mol. The van der Waals surface area contributed by atoms with Crippen LogP contribution in [0.3, 0.4) is 0 Å². The summed E-state index contributed by atoms with van der Waals surface area (Å²) in [6.45, 7) is 9.25. The first-order valence-electron chi connectivity index (χ1n) is 11.5. The zero-order valence-electron chi connectivity index (χ0n) is 19.4. The molecule has 1 aliphatic heterocycles. The van der Waals surface area contributed by atoms with Crippen molar-refractivity contribution in [2.45, 2.75) is 39.5 Å². The quantitative estimate of drug-likeness (QED) is 0.559. The molecule has 2 aromatic rings. The molecule has 1 aliphatic carbocycles. The van der Waals surface area contributed by atoms with Crippen LogP contribution in [0.5, 0.6) is 5.75 Å². The molecular formula is C25H33N3O3S. The minimum Gasteiger partial charge on any atom is -0.493 e. The molecule has 0 spiro atoms. The summed E-state index contributed by atoms with van der Waals surface area (Å²) in [7, 11) is 2.17. The smallest absolute Gasteiger partial charge is 0.310 e. The lowest BCUT2D eigenvalue weighted by atomic mass is 9.88. The van der Waals surface area contributed by atoms with E-state index in [1.54, 1.807) is 11.3 Å². The number of rotatable bonds is 8. The van der Waals surface area contributed by atoms with Gasteiger partial charge in [0, 0.05) is 43.0 Å². The van der Waals surface area contributed by atoms with Gasteiger partial charge in [0.25, 0.3) is 0 Å². The average molecular weight is 456 g/mol. The molecule has 2 aliphatic rings. The Morgan fingerprint density at radius 2 is 2.03 bits per heavy atom. The van der Waals surface area contributed by atoms with Crippen molar-refractivity contribution in [3.63, 3.8) is 0 Å². The third kappa shape index (κ3) is 5.33. The van der Waals surface area contributed by atoms with Crippen LogP contribution in [0.2, 0.25) is 0 Å². The summed E-state index contributed by atoms with van der Waals surface area (Å²) in [6.07, 6.45) is 5.12. The number of esters is 1. The number of benzene rings is 1. The van der Waals surface area contributed by atoms with Crippen molar-refractivity contribution in [2.24, 2.45) is 0 Å². The maximum Gasteiger partial charge on any atom is 0.310 e. The molecule has 0 atom stereocenters. The van der Waals surface area contributed by atoms with E-state index in [0.717, 1.165) is 73.2 Å². The number of fused-ring (bicyclic) bond motifs is 1. The van der Waals surface area contributed by atoms with E-state index in [-0.39, 0.29) is 5.97 Å². The molecular weight excluding hydrogens is 422 g/mol. The number of anilines is 1. The van der Waals surface area contributed by atoms with Gasteiger partial charge in [-0.05, 0) is 50.9 Å². The summed E-state index contributed by atoms with van der Waals surface area (Å²) in [4.78, 5) is 22.9. The number of nitrogens with zero attached hydrogens (tertiary/aromatic N) is 3. The van der Waals surface area contributed by atoms with Gasteiger partial charge in [-0.1, -0.05) is 18.2 Å². The highest BCUT2D eigenvalue weighted by molar-refractivity contribution is 7.15. The SMILES string of the molecule is CCOC(=O)CC1=CCCc2c(OCCc3nc(N4CCN(C)CC4)sc3C)cccc21. The lowest BCUT2D eigenvalue weighted by molar-refractivity contribution is -0.141. The molecule has 0 radical (unpaired) electrons. The standard InChI is InChI=1S/C25H33N3O3S/c1-4-30-24(29)17-19-7-5-9-21-20(19)8-6-10-23(21)31-16-11-22-18(2)32-25(26-22)28-14-12-27(3)13-15-28/h6-8,10H,4-5,9,11-17H2,1-3H3. The predicted octanol–water partition coefficient (Wildman–Crippen LogP) is 4.11. The molecule has 6 nitrogen and oxygen atoms in total. The van der Waals surface area contributed by atoms with Crippen LogP contribution < -0.4 is 9.64 Å². The highest BCUT2D eigenvalue weighted by Crippen LogP contribution is 2.35. The van der Waals surface area contributed by atoms with Gasteiger partial charge in [-0.2, -0.15) is 0 Å². The average Bonchev–Trinajstić information content (AvgIpc) is 3.15. The number of hydrogen-bond acceptors (Lipinski definition) is 7. The van der Waals surface area contributed by atoms with Crippen molar-refractivity contribution in [3.8, 4) is 5.75 Å². The Balaban J connectivity index is 1.38. The van der Waals surface area contributed by atoms with Crippen molar-refractivity contribution in [1.82, 2.24) is 9.88 Å². The second kappa shape index (κ2) is 10.5. The monoisotopic (exact) mass is 455 g/mol. The largest absolute Gasteiger partial charge is 0.493 e. The molecule has 0 N–H and O–H groups in total. The topological polar surface area (TPSA) is 54.9 Å². The lowest BCUT2D eigenvalue weighted by Gasteiger charge is -2.32. The number of carbonyl (C=O) groups is 1. The van der Waals surface area contributed by atoms with Gasteiger partial charge in [0.1, 0.15) is 5.75 Å². The third-order valence-electron chi connectivity index (χ3n) is 6.16. The van der Waals surface area contributed by atoms with E-state index in [1.165, 1.54) is 10.4 Å². The Morgan fingerprint density at radius 3 is 2.81 bits per heavy atom. The third-order valence-corrected chi connectivity index (χ3v) is 7.23. The summed E-state index contributed by atoms with van der Waals surface area (Å²) in [5.41, 5.74) is 4.49. The van der Waals surface area contributed by atoms with Crippen LogP contribution in [0.25, 0.3) is 5.57 Å². The van der Waals surface area contributed by atoms with Gasteiger partial charge < -0.3 is 19.3 Å². The molecule has 1 aromatic carbocycles. The maximum absolute atomic E-state index is 12.0. The molecule has 0 saturated carbocycles. The fourth-order valence-corrected chi connectivity index (χ4v) is 5.34. The molecule has 7 heteroatoms. The fourth-order valence-electron chi connectivity index (χ4n) is 4.33. The Labute approximate surface area is 194 Å². The number of thiazole rings is 1. The maximum atomic E-state index is 12.0. The van der Waals surface area contributed by atoms with Crippen LogP contribution in [0.15, 0.2) is 24.3 Å². The summed E-state index contributed by atoms with van der Waals surface area (Å²) in [6, 6.07) is 6.13. The van der Waals surface area contributed by atoms with E-state index in [9.17, 15) is 4.79 Å². The molecule has 0 amide bonds. The van der Waals surface area contributed by atoms with Gasteiger partial charge >= 0.3 is 5.97 Å². The number of carbonyl (C=O) groups excluding carboxylic acids is 1. The molecule has 32 heavy (non-hydrogen) atoms. The first-order valence-corrected chi connectivity index (χ1v) is 12.4. The van der Waals surface area contributed by atoms with Gasteiger partial charge in [-0.3, -0.25) is 4.79 Å². The number of allylic oxidation sites excluding steroid dienone is 1. The zero-order valence-corrected chi connectivity index (χ0v) is 20.2. The Bertz CT molecular complexity index is 977. The van der Waals surface area contributed by atoms with Crippen LogP contribution >= 0.6 is 11.3 Å². The highest BCUT2D eigenvalue weighted by atomic mass is 32.1. The Hall–Kier alpha value is -2.38. The number of piperazine rings is 1. The minimum absolute atomic E-state index is 0.173. The number of ether oxygens (including phenoxy) is 2. The molecule has 1 saturated heterocycles. The Kier molecular flexibility index (Phi) is 7.48. The van der Waals surface area contributed by atoms with Crippen molar-refractivity contribution in [3.05, 3.63) is 46.0 Å². The van der Waals surface area contributed by atoms with Crippen molar-refractivity contribution in [1.29, 1.82) is 0 Å². The molecule has 172 valence electrons. The van der Waals surface area contributed by atoms with Crippen LogP contribution in [-0.4, -0.2) is 62.3 Å². The Morgan fingerprint density at radius 1 is 1.22 bits per heavy atom. The van der Waals surface area contributed by atoms with Gasteiger partial charge in [0.15, 0.2) is 5.13 Å². The highest BCUT2D eigenvalue weighted by Gasteiger charge is 2.21. The normalized spacial score (nSPS) is 16.5.